The number of carbonyl (C=O) groups excluding carboxylic acids is 1. The van der Waals surface area contributed by atoms with E-state index in [2.05, 4.69) is 20.7 Å². The number of nitrogens with zero attached hydrogens (tertiary/aromatic N) is 2. The van der Waals surface area contributed by atoms with E-state index in [1.165, 1.54) is 12.3 Å². The van der Waals surface area contributed by atoms with Crippen LogP contribution in [0.15, 0.2) is 59.7 Å². The van der Waals surface area contributed by atoms with Crippen LogP contribution in [0, 0.1) is 11.6 Å². The van der Waals surface area contributed by atoms with Gasteiger partial charge in [-0.2, -0.15) is 10.2 Å². The summed E-state index contributed by atoms with van der Waals surface area (Å²) in [6.45, 7) is 0. The van der Waals surface area contributed by atoms with Crippen LogP contribution in [0.5, 0.6) is 0 Å². The van der Waals surface area contributed by atoms with Crippen LogP contribution in [-0.2, 0) is 0 Å². The van der Waals surface area contributed by atoms with Crippen molar-refractivity contribution in [2.24, 2.45) is 5.10 Å². The molecule has 0 saturated carbocycles. The summed E-state index contributed by atoms with van der Waals surface area (Å²) >= 11 is 0. The van der Waals surface area contributed by atoms with Gasteiger partial charge in [0.25, 0.3) is 5.91 Å². The first-order valence-electron chi connectivity index (χ1n) is 7.03. The van der Waals surface area contributed by atoms with Gasteiger partial charge in [-0.1, -0.05) is 36.4 Å². The second-order valence-electron chi connectivity index (χ2n) is 4.91. The van der Waals surface area contributed by atoms with Gasteiger partial charge in [0.1, 0.15) is 5.69 Å². The molecule has 0 aliphatic heterocycles. The summed E-state index contributed by atoms with van der Waals surface area (Å²) in [5, 5.41) is 10.4. The number of amides is 1. The maximum atomic E-state index is 13.1. The minimum absolute atomic E-state index is 0.233. The number of aromatic amines is 1. The highest BCUT2D eigenvalue weighted by molar-refractivity contribution is 5.94. The van der Waals surface area contributed by atoms with E-state index >= 15 is 0 Å². The van der Waals surface area contributed by atoms with Gasteiger partial charge < -0.3 is 0 Å². The Hall–Kier alpha value is -3.35. The summed E-state index contributed by atoms with van der Waals surface area (Å²) in [4.78, 5) is 12.0. The summed E-state index contributed by atoms with van der Waals surface area (Å²) in [7, 11) is 0. The van der Waals surface area contributed by atoms with Crippen molar-refractivity contribution in [3.63, 3.8) is 0 Å². The summed E-state index contributed by atoms with van der Waals surface area (Å²) in [6, 6.07) is 14.3. The van der Waals surface area contributed by atoms with Crippen LogP contribution in [0.25, 0.3) is 11.3 Å². The number of benzene rings is 2. The van der Waals surface area contributed by atoms with Crippen molar-refractivity contribution < 1.29 is 13.6 Å². The van der Waals surface area contributed by atoms with E-state index in [9.17, 15) is 13.6 Å². The number of rotatable bonds is 4. The Balaban J connectivity index is 1.66. The molecule has 0 fully saturated rings. The third kappa shape index (κ3) is 3.52. The molecule has 24 heavy (non-hydrogen) atoms. The van der Waals surface area contributed by atoms with Gasteiger partial charge in [-0.15, -0.1) is 0 Å². The Morgan fingerprint density at radius 2 is 1.88 bits per heavy atom. The number of halogens is 2. The van der Waals surface area contributed by atoms with Crippen LogP contribution >= 0.6 is 0 Å². The first-order valence-corrected chi connectivity index (χ1v) is 7.03. The van der Waals surface area contributed by atoms with Crippen LogP contribution in [0.2, 0.25) is 0 Å². The average Bonchev–Trinajstić information content (AvgIpc) is 3.09. The van der Waals surface area contributed by atoms with Gasteiger partial charge in [-0.25, -0.2) is 14.2 Å². The lowest BCUT2D eigenvalue weighted by Gasteiger charge is -1.97. The smallest absolute Gasteiger partial charge is 0.272 e. The summed E-state index contributed by atoms with van der Waals surface area (Å²) in [5.41, 5.74) is 4.35. The molecule has 0 aliphatic rings. The molecule has 3 rings (SSSR count). The number of carbonyl (C=O) groups is 1. The molecule has 1 amide bonds. The van der Waals surface area contributed by atoms with Crippen LogP contribution in [0.4, 0.5) is 8.78 Å². The fraction of sp³-hybridized carbons (Fsp3) is 0. The molecule has 3 aromatic rings. The molecule has 0 unspecified atom stereocenters. The van der Waals surface area contributed by atoms with E-state index in [0.29, 0.717) is 11.3 Å². The molecule has 2 N–H and O–H groups in total. The Kier molecular flexibility index (Phi) is 4.42. The van der Waals surface area contributed by atoms with E-state index in [0.717, 1.165) is 17.7 Å². The summed E-state index contributed by atoms with van der Waals surface area (Å²) in [6.07, 6.45) is 1.22. The zero-order valence-electron chi connectivity index (χ0n) is 12.3. The van der Waals surface area contributed by atoms with Crippen LogP contribution in [-0.4, -0.2) is 22.3 Å². The Bertz CT molecular complexity index is 891. The fourth-order valence-corrected chi connectivity index (χ4v) is 2.01. The highest BCUT2D eigenvalue weighted by Gasteiger charge is 2.10. The van der Waals surface area contributed by atoms with Crippen molar-refractivity contribution in [1.29, 1.82) is 0 Å². The van der Waals surface area contributed by atoms with Gasteiger partial charge >= 0.3 is 0 Å². The first kappa shape index (κ1) is 15.5. The van der Waals surface area contributed by atoms with E-state index in [1.807, 2.05) is 30.3 Å². The lowest BCUT2D eigenvalue weighted by Crippen LogP contribution is -2.18. The highest BCUT2D eigenvalue weighted by Crippen LogP contribution is 2.16. The molecule has 2 aromatic carbocycles. The number of hydrazone groups is 1. The molecule has 7 heteroatoms. The second-order valence-corrected chi connectivity index (χ2v) is 4.91. The zero-order chi connectivity index (χ0) is 16.9. The number of hydrogen-bond donors (Lipinski definition) is 2. The van der Waals surface area contributed by atoms with Gasteiger partial charge in [0.05, 0.1) is 11.9 Å². The molecule has 0 aliphatic carbocycles. The fourth-order valence-electron chi connectivity index (χ4n) is 2.01. The van der Waals surface area contributed by atoms with Crippen LogP contribution < -0.4 is 5.43 Å². The minimum Gasteiger partial charge on any atom is -0.272 e. The molecule has 1 heterocycles. The third-order valence-corrected chi connectivity index (χ3v) is 3.22. The molecule has 0 spiro atoms. The maximum Gasteiger partial charge on any atom is 0.289 e. The van der Waals surface area contributed by atoms with E-state index in [1.54, 1.807) is 6.07 Å². The van der Waals surface area contributed by atoms with Gasteiger partial charge in [0, 0.05) is 5.56 Å². The van der Waals surface area contributed by atoms with Crippen LogP contribution in [0.1, 0.15) is 16.1 Å². The molecular formula is C17H12F2N4O. The average molecular weight is 326 g/mol. The molecule has 0 radical (unpaired) electrons. The molecule has 0 atom stereocenters. The maximum absolute atomic E-state index is 13.1. The quantitative estimate of drug-likeness (QED) is 0.571. The van der Waals surface area contributed by atoms with Gasteiger partial charge in [0.2, 0.25) is 0 Å². The number of H-pyrrole nitrogens is 1. The predicted molar refractivity (Wildman–Crippen MR) is 85.4 cm³/mol. The monoisotopic (exact) mass is 326 g/mol. The lowest BCUT2D eigenvalue weighted by molar-refractivity contribution is 0.0950. The van der Waals surface area contributed by atoms with E-state index in [4.69, 9.17) is 0 Å². The van der Waals surface area contributed by atoms with Crippen LogP contribution in [0.3, 0.4) is 0 Å². The minimum atomic E-state index is -0.980. The number of nitrogens with one attached hydrogen (secondary N) is 2. The Labute approximate surface area is 136 Å². The van der Waals surface area contributed by atoms with Gasteiger partial charge in [0.15, 0.2) is 11.6 Å². The molecule has 0 saturated heterocycles. The normalized spacial score (nSPS) is 10.9. The van der Waals surface area contributed by atoms with Crippen molar-refractivity contribution in [3.8, 4) is 11.3 Å². The Morgan fingerprint density at radius 3 is 2.62 bits per heavy atom. The van der Waals surface area contributed by atoms with Gasteiger partial charge in [-0.3, -0.25) is 9.89 Å². The molecule has 120 valence electrons. The first-order chi connectivity index (χ1) is 11.6. The zero-order valence-corrected chi connectivity index (χ0v) is 12.3. The molecule has 1 aromatic heterocycles. The van der Waals surface area contributed by atoms with E-state index < -0.39 is 17.5 Å². The van der Waals surface area contributed by atoms with Crippen molar-refractivity contribution in [2.45, 2.75) is 0 Å². The Morgan fingerprint density at radius 1 is 1.08 bits per heavy atom. The summed E-state index contributed by atoms with van der Waals surface area (Å²) < 4.78 is 25.9. The molecular weight excluding hydrogens is 314 g/mol. The molecule has 5 nitrogen and oxygen atoms in total. The second kappa shape index (κ2) is 6.82. The SMILES string of the molecule is O=C(N/N=C\c1ccc(F)c(F)c1)c1cc(-c2ccccc2)n[nH]1. The lowest BCUT2D eigenvalue weighted by atomic mass is 10.1. The van der Waals surface area contributed by atoms with Crippen molar-refractivity contribution >= 4 is 12.1 Å². The third-order valence-electron chi connectivity index (χ3n) is 3.22. The predicted octanol–water partition coefficient (Wildman–Crippen LogP) is 3.12. The van der Waals surface area contributed by atoms with Crippen molar-refractivity contribution in [1.82, 2.24) is 15.6 Å². The number of hydrogen-bond acceptors (Lipinski definition) is 3. The summed E-state index contributed by atoms with van der Waals surface area (Å²) in [5.74, 6) is -2.42. The van der Waals surface area contributed by atoms with E-state index in [-0.39, 0.29) is 5.69 Å². The largest absolute Gasteiger partial charge is 0.289 e. The highest BCUT2D eigenvalue weighted by atomic mass is 19.2. The van der Waals surface area contributed by atoms with Crippen molar-refractivity contribution in [2.75, 3.05) is 0 Å². The topological polar surface area (TPSA) is 70.1 Å². The molecule has 0 bridgehead atoms. The van der Waals surface area contributed by atoms with Crippen molar-refractivity contribution in [3.05, 3.63) is 77.5 Å². The number of aromatic nitrogens is 2. The standard InChI is InChI=1S/C17H12F2N4O/c18-13-7-6-11(8-14(13)19)10-20-23-17(24)16-9-15(21-22-16)12-4-2-1-3-5-12/h1-10H,(H,21,22)(H,23,24)/b20-10-. The van der Waals surface area contributed by atoms with Gasteiger partial charge in [-0.05, 0) is 23.8 Å².